The third kappa shape index (κ3) is 4.46. The molecule has 0 radical (unpaired) electrons. The van der Waals surface area contributed by atoms with Crippen LogP contribution in [0.5, 0.6) is 0 Å². The van der Waals surface area contributed by atoms with Crippen molar-refractivity contribution in [1.29, 1.82) is 0 Å². The lowest BCUT2D eigenvalue weighted by Crippen LogP contribution is -2.34. The van der Waals surface area contributed by atoms with Gasteiger partial charge in [-0.2, -0.15) is 0 Å². The minimum Gasteiger partial charge on any atom is -0.459 e. The van der Waals surface area contributed by atoms with E-state index in [1.165, 1.54) is 0 Å². The van der Waals surface area contributed by atoms with Crippen LogP contribution < -0.4 is 0 Å². The Morgan fingerprint density at radius 3 is 2.79 bits per heavy atom. The second-order valence-corrected chi connectivity index (χ2v) is 7.47. The molecule has 2 aromatic carbocycles. The van der Waals surface area contributed by atoms with Gasteiger partial charge >= 0.3 is 5.97 Å². The van der Waals surface area contributed by atoms with Gasteiger partial charge in [-0.05, 0) is 24.3 Å². The molecule has 1 aromatic heterocycles. The number of benzene rings is 2. The van der Waals surface area contributed by atoms with E-state index in [-0.39, 0.29) is 13.2 Å². The first-order valence-electron chi connectivity index (χ1n) is 9.01. The van der Waals surface area contributed by atoms with E-state index in [2.05, 4.69) is 4.98 Å². The lowest BCUT2D eigenvalue weighted by Gasteiger charge is -2.29. The molecule has 0 saturated carbocycles. The van der Waals surface area contributed by atoms with Crippen LogP contribution in [0, 0.1) is 0 Å². The molecule has 29 heavy (non-hydrogen) atoms. The first-order valence-corrected chi connectivity index (χ1v) is 9.76. The smallest absolute Gasteiger partial charge is 0.338 e. The van der Waals surface area contributed by atoms with Gasteiger partial charge in [0, 0.05) is 23.0 Å². The van der Waals surface area contributed by atoms with Crippen LogP contribution in [0.15, 0.2) is 67.3 Å². The van der Waals surface area contributed by atoms with Crippen LogP contribution in [0.2, 0.25) is 10.0 Å². The Kier molecular flexibility index (Phi) is 5.87. The lowest BCUT2D eigenvalue weighted by atomic mass is 10.1. The van der Waals surface area contributed by atoms with Gasteiger partial charge in [-0.25, -0.2) is 9.78 Å². The fourth-order valence-electron chi connectivity index (χ4n) is 3.20. The van der Waals surface area contributed by atoms with E-state index in [1.807, 2.05) is 10.6 Å². The van der Waals surface area contributed by atoms with Crippen LogP contribution in [0.4, 0.5) is 0 Å². The first kappa shape index (κ1) is 19.9. The van der Waals surface area contributed by atoms with Crippen molar-refractivity contribution in [2.75, 3.05) is 13.2 Å². The van der Waals surface area contributed by atoms with Gasteiger partial charge in [0.1, 0.15) is 12.7 Å². The fraction of sp³-hybridized carbons (Fsp3) is 0.238. The summed E-state index contributed by atoms with van der Waals surface area (Å²) in [5, 5.41) is 0.947. The van der Waals surface area contributed by atoms with Crippen molar-refractivity contribution in [3.63, 3.8) is 0 Å². The summed E-state index contributed by atoms with van der Waals surface area (Å²) < 4.78 is 19.6. The zero-order chi connectivity index (χ0) is 20.3. The third-order valence-corrected chi connectivity index (χ3v) is 5.11. The Balaban J connectivity index is 1.51. The van der Waals surface area contributed by atoms with Crippen molar-refractivity contribution < 1.29 is 19.0 Å². The molecule has 1 saturated heterocycles. The molecule has 6 nitrogen and oxygen atoms in total. The molecule has 1 fully saturated rings. The molecule has 1 aliphatic heterocycles. The van der Waals surface area contributed by atoms with Crippen LogP contribution in [0.1, 0.15) is 15.9 Å². The summed E-state index contributed by atoms with van der Waals surface area (Å²) in [5.41, 5.74) is 1.13. The topological polar surface area (TPSA) is 62.6 Å². The van der Waals surface area contributed by atoms with Crippen molar-refractivity contribution in [3.05, 3.63) is 88.4 Å². The minimum absolute atomic E-state index is 0.0601. The molecule has 0 bridgehead atoms. The zero-order valence-corrected chi connectivity index (χ0v) is 16.8. The maximum absolute atomic E-state index is 12.2. The average molecular weight is 433 g/mol. The average Bonchev–Trinajstić information content (AvgIpc) is 3.37. The van der Waals surface area contributed by atoms with Crippen molar-refractivity contribution in [1.82, 2.24) is 9.55 Å². The first-order chi connectivity index (χ1) is 14.1. The molecular weight excluding hydrogens is 415 g/mol. The van der Waals surface area contributed by atoms with Gasteiger partial charge in [0.15, 0.2) is 0 Å². The third-order valence-electron chi connectivity index (χ3n) is 4.56. The molecular formula is C21H18Cl2N2O4. The number of carbonyl (C=O) groups is 1. The van der Waals surface area contributed by atoms with Crippen molar-refractivity contribution in [2.24, 2.45) is 0 Å². The molecule has 150 valence electrons. The maximum atomic E-state index is 12.2. The number of halogens is 2. The van der Waals surface area contributed by atoms with E-state index < -0.39 is 17.9 Å². The minimum atomic E-state index is -1.15. The normalized spacial score (nSPS) is 21.2. The molecule has 2 heterocycles. The molecule has 0 N–H and O–H groups in total. The van der Waals surface area contributed by atoms with Crippen LogP contribution >= 0.6 is 23.2 Å². The SMILES string of the molecule is O=C(OCC1COC(Cn2ccnc2)(c2ccc(Cl)cc2Cl)O1)c1ccccc1. The number of hydrogen-bond acceptors (Lipinski definition) is 5. The number of rotatable bonds is 6. The second-order valence-electron chi connectivity index (χ2n) is 6.63. The monoisotopic (exact) mass is 432 g/mol. The van der Waals surface area contributed by atoms with Gasteiger partial charge < -0.3 is 18.8 Å². The quantitative estimate of drug-likeness (QED) is 0.542. The highest BCUT2D eigenvalue weighted by Crippen LogP contribution is 2.40. The highest BCUT2D eigenvalue weighted by atomic mass is 35.5. The van der Waals surface area contributed by atoms with E-state index in [1.54, 1.807) is 61.2 Å². The second kappa shape index (κ2) is 8.55. The number of ether oxygens (including phenoxy) is 3. The van der Waals surface area contributed by atoms with Crippen molar-refractivity contribution >= 4 is 29.2 Å². The number of carbonyl (C=O) groups excluding carboxylic acids is 1. The van der Waals surface area contributed by atoms with Crippen LogP contribution in [0.3, 0.4) is 0 Å². The summed E-state index contributed by atoms with van der Waals surface area (Å²) in [6.45, 7) is 0.637. The number of imidazole rings is 1. The molecule has 1 aliphatic rings. The molecule has 2 unspecified atom stereocenters. The van der Waals surface area contributed by atoms with Gasteiger partial charge in [-0.3, -0.25) is 0 Å². The molecule has 2 atom stereocenters. The molecule has 0 amide bonds. The number of hydrogen-bond donors (Lipinski definition) is 0. The van der Waals surface area contributed by atoms with Crippen LogP contribution in [0.25, 0.3) is 0 Å². The Hall–Kier alpha value is -2.38. The number of nitrogens with zero attached hydrogens (tertiary/aromatic N) is 2. The standard InChI is InChI=1S/C21H18Cl2N2O4/c22-16-6-7-18(19(23)10-16)21(13-25-9-8-24-14-25)28-12-17(29-21)11-27-20(26)15-4-2-1-3-5-15/h1-10,14,17H,11-13H2. The summed E-state index contributed by atoms with van der Waals surface area (Å²) in [7, 11) is 0. The van der Waals surface area contributed by atoms with Crippen LogP contribution in [-0.2, 0) is 26.5 Å². The van der Waals surface area contributed by atoms with E-state index in [0.29, 0.717) is 27.7 Å². The molecule has 0 spiro atoms. The maximum Gasteiger partial charge on any atom is 0.338 e. The highest BCUT2D eigenvalue weighted by Gasteiger charge is 2.45. The Morgan fingerprint density at radius 1 is 1.24 bits per heavy atom. The van der Waals surface area contributed by atoms with Gasteiger partial charge in [0.2, 0.25) is 5.79 Å². The van der Waals surface area contributed by atoms with Crippen molar-refractivity contribution in [3.8, 4) is 0 Å². The molecule has 3 aromatic rings. The Bertz CT molecular complexity index is 982. The van der Waals surface area contributed by atoms with E-state index >= 15 is 0 Å². The summed E-state index contributed by atoms with van der Waals surface area (Å²) in [4.78, 5) is 16.3. The molecule has 8 heteroatoms. The van der Waals surface area contributed by atoms with E-state index in [9.17, 15) is 4.79 Å². The van der Waals surface area contributed by atoms with E-state index in [0.717, 1.165) is 0 Å². The zero-order valence-electron chi connectivity index (χ0n) is 15.3. The summed E-state index contributed by atoms with van der Waals surface area (Å²) in [6, 6.07) is 14.0. The van der Waals surface area contributed by atoms with Gasteiger partial charge in [0.25, 0.3) is 0 Å². The number of esters is 1. The Morgan fingerprint density at radius 2 is 2.07 bits per heavy atom. The van der Waals surface area contributed by atoms with Gasteiger partial charge in [-0.1, -0.05) is 47.5 Å². The predicted octanol–water partition coefficient (Wildman–Crippen LogP) is 4.32. The highest BCUT2D eigenvalue weighted by molar-refractivity contribution is 6.35. The number of aromatic nitrogens is 2. The van der Waals surface area contributed by atoms with Gasteiger partial charge in [-0.15, -0.1) is 0 Å². The lowest BCUT2D eigenvalue weighted by molar-refractivity contribution is -0.190. The summed E-state index contributed by atoms with van der Waals surface area (Å²) in [5.74, 6) is -1.56. The van der Waals surface area contributed by atoms with Gasteiger partial charge in [0.05, 0.1) is 30.1 Å². The predicted molar refractivity (Wildman–Crippen MR) is 108 cm³/mol. The molecule has 4 rings (SSSR count). The largest absolute Gasteiger partial charge is 0.459 e. The van der Waals surface area contributed by atoms with Crippen molar-refractivity contribution in [2.45, 2.75) is 18.4 Å². The van der Waals surface area contributed by atoms with E-state index in [4.69, 9.17) is 37.4 Å². The Labute approximate surface area is 177 Å². The van der Waals surface area contributed by atoms with Crippen LogP contribution in [-0.4, -0.2) is 34.8 Å². The molecule has 0 aliphatic carbocycles. The summed E-state index contributed by atoms with van der Waals surface area (Å²) in [6.07, 6.45) is 4.70. The summed E-state index contributed by atoms with van der Waals surface area (Å²) >= 11 is 12.5. The fourth-order valence-corrected chi connectivity index (χ4v) is 3.75.